The second kappa shape index (κ2) is 12.7. The van der Waals surface area contributed by atoms with Crippen LogP contribution in [-0.4, -0.2) is 70.4 Å². The van der Waals surface area contributed by atoms with E-state index in [1.807, 2.05) is 18.2 Å². The largest absolute Gasteiger partial charge is 0.378 e. The number of piperidine rings is 1. The molecule has 3 fully saturated rings. The fraction of sp³-hybridized carbons (Fsp3) is 0.667. The van der Waals surface area contributed by atoms with Gasteiger partial charge in [-0.05, 0) is 57.6 Å². The fourth-order valence-electron chi connectivity index (χ4n) is 6.85. The van der Waals surface area contributed by atoms with Crippen LogP contribution in [0.15, 0.2) is 18.2 Å². The predicted molar refractivity (Wildman–Crippen MR) is 155 cm³/mol. The number of nitrogens with zero attached hydrogens (tertiary/aromatic N) is 4. The third-order valence-corrected chi connectivity index (χ3v) is 8.93. The Morgan fingerprint density at radius 3 is 2.60 bits per heavy atom. The second-order valence-corrected chi connectivity index (χ2v) is 11.9. The van der Waals surface area contributed by atoms with Crippen molar-refractivity contribution in [2.24, 2.45) is 13.0 Å². The predicted octanol–water partition coefficient (Wildman–Crippen LogP) is 4.58. The number of rotatable bonds is 9. The molecule has 0 bridgehead atoms. The van der Waals surface area contributed by atoms with Gasteiger partial charge in [-0.2, -0.15) is 5.10 Å². The lowest BCUT2D eigenvalue weighted by Crippen LogP contribution is -2.51. The summed E-state index contributed by atoms with van der Waals surface area (Å²) in [6, 6.07) is 5.59. The van der Waals surface area contributed by atoms with Gasteiger partial charge >= 0.3 is 6.03 Å². The third-order valence-electron chi connectivity index (χ3n) is 8.93. The molecule has 10 heteroatoms. The molecule has 2 N–H and O–H groups in total. The van der Waals surface area contributed by atoms with Crippen molar-refractivity contribution in [2.45, 2.75) is 96.2 Å². The van der Waals surface area contributed by atoms with Gasteiger partial charge in [0.2, 0.25) is 11.8 Å². The molecule has 40 heavy (non-hydrogen) atoms. The number of aryl methyl sites for hydroxylation is 1. The molecule has 4 amide bonds. The lowest BCUT2D eigenvalue weighted by Gasteiger charge is -2.42. The molecule has 3 atom stereocenters. The monoisotopic (exact) mass is 552 g/mol. The summed E-state index contributed by atoms with van der Waals surface area (Å²) >= 11 is 0. The number of hydrogen-bond donors (Lipinski definition) is 2. The maximum atomic E-state index is 13.2. The Balaban J connectivity index is 1.16. The molecular formula is C30H44N6O4. The highest BCUT2D eigenvalue weighted by molar-refractivity contribution is 6.11. The van der Waals surface area contributed by atoms with Crippen LogP contribution in [0.2, 0.25) is 0 Å². The maximum Gasteiger partial charge on any atom is 0.329 e. The van der Waals surface area contributed by atoms with Gasteiger partial charge in [0.25, 0.3) is 0 Å². The van der Waals surface area contributed by atoms with Crippen molar-refractivity contribution in [2.75, 3.05) is 29.9 Å². The minimum atomic E-state index is -0.481. The number of hydrogen-bond acceptors (Lipinski definition) is 6. The standard InChI is InChI=1S/C30H44N6O4/c1-20-17-23(40-16-8-11-22-9-5-4-6-10-22)18-21(2)36(20)19-27(38)31-25-13-7-12-24-28(25)34(3)33-29(24)35-15-14-26(37)32-30(35)39/h7,12-13,20-23H,4-6,8-11,14-19H2,1-3H3,(H,31,38)(H,32,37,39)/t20-,21+,23+. The second-order valence-electron chi connectivity index (χ2n) is 11.9. The number of para-hydroxylation sites is 1. The molecule has 0 spiro atoms. The summed E-state index contributed by atoms with van der Waals surface area (Å²) in [4.78, 5) is 41.0. The van der Waals surface area contributed by atoms with Gasteiger partial charge in [-0.15, -0.1) is 0 Å². The molecule has 2 saturated heterocycles. The molecule has 1 aromatic carbocycles. The van der Waals surface area contributed by atoms with Gasteiger partial charge in [0, 0.05) is 44.1 Å². The van der Waals surface area contributed by atoms with Crippen LogP contribution in [0.3, 0.4) is 0 Å². The highest BCUT2D eigenvalue weighted by Gasteiger charge is 2.33. The molecule has 1 aromatic heterocycles. The number of fused-ring (bicyclic) bond motifs is 1. The molecule has 5 rings (SSSR count). The number of ether oxygens (including phenoxy) is 1. The first-order valence-electron chi connectivity index (χ1n) is 15.0. The molecule has 0 unspecified atom stereocenters. The highest BCUT2D eigenvalue weighted by Crippen LogP contribution is 2.32. The number of amides is 4. The molecule has 0 radical (unpaired) electrons. The van der Waals surface area contributed by atoms with Crippen molar-refractivity contribution >= 4 is 40.3 Å². The quantitative estimate of drug-likeness (QED) is 0.441. The van der Waals surface area contributed by atoms with Crippen molar-refractivity contribution in [3.8, 4) is 0 Å². The van der Waals surface area contributed by atoms with Gasteiger partial charge in [-0.1, -0.05) is 38.2 Å². The Bertz CT molecular complexity index is 1210. The van der Waals surface area contributed by atoms with Crippen LogP contribution in [0.5, 0.6) is 0 Å². The number of imide groups is 1. The zero-order valence-electron chi connectivity index (χ0n) is 24.2. The van der Waals surface area contributed by atoms with Gasteiger partial charge in [0.15, 0.2) is 5.82 Å². The zero-order chi connectivity index (χ0) is 28.2. The summed E-state index contributed by atoms with van der Waals surface area (Å²) in [5, 5.41) is 10.7. The molecule has 3 aliphatic rings. The molecule has 3 heterocycles. The summed E-state index contributed by atoms with van der Waals surface area (Å²) in [6.45, 7) is 5.78. The molecule has 1 saturated carbocycles. The molecular weight excluding hydrogens is 508 g/mol. The minimum absolute atomic E-state index is 0.0814. The Labute approximate surface area is 236 Å². The molecule has 2 aliphatic heterocycles. The SMILES string of the molecule is C[C@@H]1C[C@H](OCCCC2CCCCC2)C[C@H](C)N1CC(=O)Nc1cccc2c(N3CCC(=O)NC3=O)nn(C)c12. The van der Waals surface area contributed by atoms with E-state index in [1.54, 1.807) is 11.7 Å². The van der Waals surface area contributed by atoms with Crippen LogP contribution >= 0.6 is 0 Å². The number of anilines is 2. The van der Waals surface area contributed by atoms with E-state index in [0.717, 1.165) is 42.7 Å². The number of benzene rings is 1. The number of urea groups is 1. The normalized spacial score (nSPS) is 24.9. The van der Waals surface area contributed by atoms with E-state index in [2.05, 4.69) is 34.5 Å². The zero-order valence-corrected chi connectivity index (χ0v) is 24.2. The first kappa shape index (κ1) is 28.5. The lowest BCUT2D eigenvalue weighted by atomic mass is 9.86. The number of carbonyl (C=O) groups is 3. The lowest BCUT2D eigenvalue weighted by molar-refractivity contribution is -0.121. The van der Waals surface area contributed by atoms with Crippen LogP contribution in [0.1, 0.15) is 78.1 Å². The molecule has 1 aliphatic carbocycles. The maximum absolute atomic E-state index is 13.2. The summed E-state index contributed by atoms with van der Waals surface area (Å²) in [5.41, 5.74) is 1.38. The van der Waals surface area contributed by atoms with Crippen LogP contribution in [0, 0.1) is 5.92 Å². The Kier molecular flexibility index (Phi) is 9.05. The van der Waals surface area contributed by atoms with Gasteiger partial charge in [-0.25, -0.2) is 4.79 Å². The fourth-order valence-corrected chi connectivity index (χ4v) is 6.85. The van der Waals surface area contributed by atoms with Crippen molar-refractivity contribution in [3.63, 3.8) is 0 Å². The van der Waals surface area contributed by atoms with Gasteiger partial charge in [0.05, 0.1) is 23.9 Å². The van der Waals surface area contributed by atoms with E-state index < -0.39 is 6.03 Å². The average molecular weight is 553 g/mol. The van der Waals surface area contributed by atoms with Crippen LogP contribution in [0.25, 0.3) is 10.9 Å². The highest BCUT2D eigenvalue weighted by atomic mass is 16.5. The van der Waals surface area contributed by atoms with E-state index >= 15 is 0 Å². The number of aromatic nitrogens is 2. The van der Waals surface area contributed by atoms with Crippen LogP contribution in [-0.2, 0) is 21.4 Å². The van der Waals surface area contributed by atoms with Crippen molar-refractivity contribution in [3.05, 3.63) is 18.2 Å². The van der Waals surface area contributed by atoms with E-state index in [1.165, 1.54) is 43.4 Å². The van der Waals surface area contributed by atoms with E-state index in [-0.39, 0.29) is 43.0 Å². The first-order valence-corrected chi connectivity index (χ1v) is 15.0. The number of nitrogens with one attached hydrogen (secondary N) is 2. The summed E-state index contributed by atoms with van der Waals surface area (Å²) < 4.78 is 7.98. The molecule has 218 valence electrons. The van der Waals surface area contributed by atoms with Gasteiger partial charge in [-0.3, -0.25) is 29.4 Å². The van der Waals surface area contributed by atoms with Gasteiger partial charge < -0.3 is 10.1 Å². The number of carbonyl (C=O) groups excluding carboxylic acids is 3. The van der Waals surface area contributed by atoms with Crippen molar-refractivity contribution < 1.29 is 19.1 Å². The summed E-state index contributed by atoms with van der Waals surface area (Å²) in [6.07, 6.45) is 11.8. The Hall–Kier alpha value is -2.98. The minimum Gasteiger partial charge on any atom is -0.378 e. The summed E-state index contributed by atoms with van der Waals surface area (Å²) in [5.74, 6) is 1.00. The molecule has 2 aromatic rings. The van der Waals surface area contributed by atoms with Crippen molar-refractivity contribution in [1.82, 2.24) is 20.0 Å². The Morgan fingerprint density at radius 2 is 1.88 bits per heavy atom. The first-order chi connectivity index (χ1) is 19.3. The molecule has 10 nitrogen and oxygen atoms in total. The van der Waals surface area contributed by atoms with Crippen molar-refractivity contribution in [1.29, 1.82) is 0 Å². The smallest absolute Gasteiger partial charge is 0.329 e. The van der Waals surface area contributed by atoms with Gasteiger partial charge in [0.1, 0.15) is 0 Å². The Morgan fingerprint density at radius 1 is 1.12 bits per heavy atom. The number of likely N-dealkylation sites (tertiary alicyclic amines) is 1. The van der Waals surface area contributed by atoms with E-state index in [9.17, 15) is 14.4 Å². The topological polar surface area (TPSA) is 109 Å². The van der Waals surface area contributed by atoms with Crippen LogP contribution in [0.4, 0.5) is 16.3 Å². The average Bonchev–Trinajstić information content (AvgIpc) is 3.26. The van der Waals surface area contributed by atoms with E-state index in [0.29, 0.717) is 18.1 Å². The third kappa shape index (κ3) is 6.49. The van der Waals surface area contributed by atoms with Crippen LogP contribution < -0.4 is 15.5 Å². The van der Waals surface area contributed by atoms with E-state index in [4.69, 9.17) is 4.74 Å². The summed E-state index contributed by atoms with van der Waals surface area (Å²) in [7, 11) is 1.79.